The van der Waals surface area contributed by atoms with Crippen molar-refractivity contribution < 1.29 is 9.47 Å². The Kier molecular flexibility index (Phi) is 4.38. The Morgan fingerprint density at radius 1 is 1.24 bits per heavy atom. The van der Waals surface area contributed by atoms with Crippen LogP contribution in [0.1, 0.15) is 30.6 Å². The summed E-state index contributed by atoms with van der Waals surface area (Å²) in [6, 6.07) is 10.3. The van der Waals surface area contributed by atoms with Gasteiger partial charge < -0.3 is 19.8 Å². The lowest BCUT2D eigenvalue weighted by atomic mass is 9.96. The van der Waals surface area contributed by atoms with Gasteiger partial charge in [0.25, 0.3) is 0 Å². The van der Waals surface area contributed by atoms with E-state index in [2.05, 4.69) is 33.5 Å². The normalized spacial score (nSPS) is 16.8. The quantitative estimate of drug-likeness (QED) is 0.699. The van der Waals surface area contributed by atoms with E-state index in [1.807, 2.05) is 24.3 Å². The predicted octanol–water partition coefficient (Wildman–Crippen LogP) is 3.20. The van der Waals surface area contributed by atoms with Crippen molar-refractivity contribution in [3.8, 4) is 17.0 Å². The van der Waals surface area contributed by atoms with E-state index in [1.54, 1.807) is 7.11 Å². The summed E-state index contributed by atoms with van der Waals surface area (Å²) in [5, 5.41) is 13.6. The molecule has 0 aliphatic carbocycles. The fourth-order valence-electron chi connectivity index (χ4n) is 3.54. The Bertz CT molecular complexity index is 890. The smallest absolute Gasteiger partial charge is 0.188 e. The number of aromatic amines is 1. The molecule has 4 rings (SSSR count). The molecule has 3 aromatic rings. The van der Waals surface area contributed by atoms with Crippen LogP contribution in [-0.2, 0) is 11.2 Å². The molecule has 6 nitrogen and oxygen atoms in total. The Labute approximate surface area is 146 Å². The summed E-state index contributed by atoms with van der Waals surface area (Å²) in [5.41, 5.74) is 5.18. The highest BCUT2D eigenvalue weighted by atomic mass is 16.7. The zero-order chi connectivity index (χ0) is 17.2. The van der Waals surface area contributed by atoms with Crippen molar-refractivity contribution in [2.45, 2.75) is 25.8 Å². The Hall–Kier alpha value is -2.44. The molecule has 1 aromatic carbocycles. The maximum atomic E-state index is 5.68. The molecule has 0 saturated heterocycles. The van der Waals surface area contributed by atoms with Gasteiger partial charge in [0.1, 0.15) is 5.75 Å². The van der Waals surface area contributed by atoms with Gasteiger partial charge in [-0.05, 0) is 30.2 Å². The third-order valence-corrected chi connectivity index (χ3v) is 4.70. The van der Waals surface area contributed by atoms with Gasteiger partial charge in [-0.1, -0.05) is 19.1 Å². The highest BCUT2D eigenvalue weighted by Gasteiger charge is 2.24. The number of nitrogens with zero attached hydrogens (tertiary/aromatic N) is 2. The molecule has 3 heterocycles. The fourth-order valence-corrected chi connectivity index (χ4v) is 3.54. The number of hydrogen-bond acceptors (Lipinski definition) is 5. The molecule has 0 saturated carbocycles. The number of rotatable bonds is 5. The Morgan fingerprint density at radius 3 is 2.96 bits per heavy atom. The number of fused-ring (bicyclic) bond motifs is 3. The minimum atomic E-state index is 0.202. The van der Waals surface area contributed by atoms with Gasteiger partial charge >= 0.3 is 0 Å². The van der Waals surface area contributed by atoms with Crippen molar-refractivity contribution >= 4 is 11.0 Å². The summed E-state index contributed by atoms with van der Waals surface area (Å²) in [4.78, 5) is 3.44. The lowest BCUT2D eigenvalue weighted by Crippen LogP contribution is -2.28. The number of H-pyrrole nitrogens is 1. The highest BCUT2D eigenvalue weighted by Crippen LogP contribution is 2.35. The van der Waals surface area contributed by atoms with Gasteiger partial charge in [0.2, 0.25) is 0 Å². The maximum Gasteiger partial charge on any atom is 0.188 e. The molecule has 0 amide bonds. The van der Waals surface area contributed by atoms with E-state index in [1.165, 1.54) is 11.3 Å². The van der Waals surface area contributed by atoms with Crippen LogP contribution in [0.15, 0.2) is 30.3 Å². The molecule has 0 radical (unpaired) electrons. The topological polar surface area (TPSA) is 72.1 Å². The molecular weight excluding hydrogens is 316 g/mol. The first-order valence-corrected chi connectivity index (χ1v) is 8.64. The number of aromatic nitrogens is 3. The van der Waals surface area contributed by atoms with Crippen molar-refractivity contribution in [1.29, 1.82) is 0 Å². The average molecular weight is 338 g/mol. The third-order valence-electron chi connectivity index (χ3n) is 4.70. The van der Waals surface area contributed by atoms with Crippen LogP contribution in [0.3, 0.4) is 0 Å². The maximum absolute atomic E-state index is 5.68. The van der Waals surface area contributed by atoms with Crippen molar-refractivity contribution in [3.63, 3.8) is 0 Å². The molecule has 1 aliphatic heterocycles. The molecule has 130 valence electrons. The first-order chi connectivity index (χ1) is 12.3. The molecule has 0 bridgehead atoms. The minimum Gasteiger partial charge on any atom is -0.467 e. The van der Waals surface area contributed by atoms with Gasteiger partial charge in [-0.3, -0.25) is 0 Å². The van der Waals surface area contributed by atoms with Crippen molar-refractivity contribution in [3.05, 3.63) is 41.6 Å². The molecule has 1 aliphatic rings. The van der Waals surface area contributed by atoms with E-state index in [-0.39, 0.29) is 6.79 Å². The lowest BCUT2D eigenvalue weighted by molar-refractivity contribution is 0.0515. The summed E-state index contributed by atoms with van der Waals surface area (Å²) in [6.45, 7) is 3.40. The predicted molar refractivity (Wildman–Crippen MR) is 96.6 cm³/mol. The number of ether oxygens (including phenoxy) is 2. The third kappa shape index (κ3) is 2.88. The summed E-state index contributed by atoms with van der Waals surface area (Å²) in [6.07, 6.45) is 2.04. The van der Waals surface area contributed by atoms with Crippen LogP contribution in [0.4, 0.5) is 0 Å². The number of benzene rings is 1. The first kappa shape index (κ1) is 16.1. The van der Waals surface area contributed by atoms with Crippen LogP contribution in [0, 0.1) is 0 Å². The van der Waals surface area contributed by atoms with E-state index in [0.29, 0.717) is 6.04 Å². The zero-order valence-electron chi connectivity index (χ0n) is 14.5. The van der Waals surface area contributed by atoms with Crippen LogP contribution < -0.4 is 10.1 Å². The average Bonchev–Trinajstić information content (AvgIpc) is 3.04. The van der Waals surface area contributed by atoms with Gasteiger partial charge in [-0.25, -0.2) is 0 Å². The largest absolute Gasteiger partial charge is 0.467 e. The molecule has 2 aromatic heterocycles. The number of hydrogen-bond donors (Lipinski definition) is 2. The second kappa shape index (κ2) is 6.82. The Morgan fingerprint density at radius 2 is 2.12 bits per heavy atom. The van der Waals surface area contributed by atoms with Crippen LogP contribution in [0.25, 0.3) is 22.3 Å². The molecule has 2 N–H and O–H groups in total. The second-order valence-electron chi connectivity index (χ2n) is 6.22. The number of para-hydroxylation sites is 1. The van der Waals surface area contributed by atoms with Gasteiger partial charge in [0.15, 0.2) is 12.4 Å². The van der Waals surface area contributed by atoms with Gasteiger partial charge in [0, 0.05) is 42.8 Å². The standard InChI is InChI=1S/C19H22N4O2/c1-3-14-18-13-10-16(12-6-4-5-7-17(12)25-11-24-2)22-23-19(13)21-15(18)8-9-20-14/h4-7,10,14,20H,3,8-9,11H2,1-2H3,(H,21,23). The summed E-state index contributed by atoms with van der Waals surface area (Å²) in [7, 11) is 1.61. The van der Waals surface area contributed by atoms with E-state index in [0.717, 1.165) is 47.4 Å². The van der Waals surface area contributed by atoms with Crippen LogP contribution in [0.5, 0.6) is 5.75 Å². The molecule has 1 unspecified atom stereocenters. The minimum absolute atomic E-state index is 0.202. The van der Waals surface area contributed by atoms with Gasteiger partial charge in [-0.15, -0.1) is 10.2 Å². The monoisotopic (exact) mass is 338 g/mol. The first-order valence-electron chi connectivity index (χ1n) is 8.64. The van der Waals surface area contributed by atoms with Crippen LogP contribution >= 0.6 is 0 Å². The van der Waals surface area contributed by atoms with Crippen LogP contribution in [0.2, 0.25) is 0 Å². The number of nitrogens with one attached hydrogen (secondary N) is 2. The molecule has 0 spiro atoms. The van der Waals surface area contributed by atoms with E-state index in [9.17, 15) is 0 Å². The molecule has 0 fully saturated rings. The Balaban J connectivity index is 1.82. The zero-order valence-corrected chi connectivity index (χ0v) is 14.5. The van der Waals surface area contributed by atoms with E-state index in [4.69, 9.17) is 9.47 Å². The highest BCUT2D eigenvalue weighted by molar-refractivity contribution is 5.86. The summed E-state index contributed by atoms with van der Waals surface area (Å²) >= 11 is 0. The van der Waals surface area contributed by atoms with Gasteiger partial charge in [-0.2, -0.15) is 0 Å². The summed E-state index contributed by atoms with van der Waals surface area (Å²) < 4.78 is 10.7. The SMILES string of the molecule is CCC1NCCc2[nH]c3nnc(-c4ccccc4OCOC)cc3c21. The fraction of sp³-hybridized carbons (Fsp3) is 0.368. The number of methoxy groups -OCH3 is 1. The lowest BCUT2D eigenvalue weighted by Gasteiger charge is -2.23. The van der Waals surface area contributed by atoms with Crippen molar-refractivity contribution in [2.75, 3.05) is 20.4 Å². The van der Waals surface area contributed by atoms with Crippen molar-refractivity contribution in [1.82, 2.24) is 20.5 Å². The second-order valence-corrected chi connectivity index (χ2v) is 6.22. The van der Waals surface area contributed by atoms with Crippen molar-refractivity contribution in [2.24, 2.45) is 0 Å². The molecular formula is C19H22N4O2. The molecule has 25 heavy (non-hydrogen) atoms. The van der Waals surface area contributed by atoms with E-state index < -0.39 is 0 Å². The molecule has 6 heteroatoms. The van der Waals surface area contributed by atoms with Crippen LogP contribution in [-0.4, -0.2) is 35.6 Å². The summed E-state index contributed by atoms with van der Waals surface area (Å²) in [5.74, 6) is 0.743. The van der Waals surface area contributed by atoms with Gasteiger partial charge in [0.05, 0.1) is 5.69 Å². The molecule has 1 atom stereocenters. The van der Waals surface area contributed by atoms with E-state index >= 15 is 0 Å².